The number of nitrogens with zero attached hydrogens (tertiary/aromatic N) is 1. The number of alkyl halides is 3. The zero-order valence-corrected chi connectivity index (χ0v) is 17.7. The van der Waals surface area contributed by atoms with E-state index in [-0.39, 0.29) is 16.7 Å². The van der Waals surface area contributed by atoms with E-state index in [1.807, 2.05) is 13.8 Å². The fraction of sp³-hybridized carbons (Fsp3) is 0.650. The molecule has 0 amide bonds. The van der Waals surface area contributed by atoms with Crippen LogP contribution in [-0.4, -0.2) is 36.8 Å². The van der Waals surface area contributed by atoms with E-state index >= 15 is 0 Å². The Kier molecular flexibility index (Phi) is 7.03. The molecule has 27 heavy (non-hydrogen) atoms. The SMILES string of the molecule is C=S(NC(c1cc(C(F)(F)F)ccc1N1CCNCC1)C(C)C)C(C)(C)C. The van der Waals surface area contributed by atoms with E-state index in [2.05, 4.69) is 41.6 Å². The van der Waals surface area contributed by atoms with Crippen LogP contribution in [0.3, 0.4) is 0 Å². The molecule has 1 aliphatic heterocycles. The van der Waals surface area contributed by atoms with Crippen LogP contribution in [0.1, 0.15) is 51.8 Å². The van der Waals surface area contributed by atoms with Crippen molar-refractivity contribution >= 4 is 22.2 Å². The predicted molar refractivity (Wildman–Crippen MR) is 112 cm³/mol. The standard InChI is InChI=1S/C20H32F3N3S/c1-14(2)18(25-27(6)19(3,4)5)16-13-15(20(21,22)23)7-8-17(16)26-11-9-24-10-12-26/h7-8,13-14,18,24-25H,6,9-12H2,1-5H3. The molecule has 0 saturated carbocycles. The lowest BCUT2D eigenvalue weighted by Gasteiger charge is -2.36. The van der Waals surface area contributed by atoms with Crippen molar-refractivity contribution in [2.75, 3.05) is 31.1 Å². The molecule has 3 nitrogen and oxygen atoms in total. The fourth-order valence-corrected chi connectivity index (χ4v) is 4.12. The number of nitrogens with one attached hydrogen (secondary N) is 2. The number of piperazine rings is 1. The van der Waals surface area contributed by atoms with Crippen molar-refractivity contribution in [3.8, 4) is 0 Å². The van der Waals surface area contributed by atoms with Crippen molar-refractivity contribution in [2.24, 2.45) is 5.92 Å². The van der Waals surface area contributed by atoms with Crippen LogP contribution in [0.4, 0.5) is 18.9 Å². The van der Waals surface area contributed by atoms with Crippen LogP contribution < -0.4 is 14.9 Å². The van der Waals surface area contributed by atoms with Gasteiger partial charge in [-0.05, 0) is 29.7 Å². The summed E-state index contributed by atoms with van der Waals surface area (Å²) in [6, 6.07) is 3.97. The maximum atomic E-state index is 13.4. The van der Waals surface area contributed by atoms with Gasteiger partial charge in [0.1, 0.15) is 0 Å². The first kappa shape index (κ1) is 22.2. The molecule has 1 saturated heterocycles. The summed E-state index contributed by atoms with van der Waals surface area (Å²) in [6.45, 7) is 13.6. The Bertz CT molecular complexity index is 659. The Morgan fingerprint density at radius 3 is 2.22 bits per heavy atom. The molecule has 1 aromatic carbocycles. The molecular formula is C20H32F3N3S. The van der Waals surface area contributed by atoms with Gasteiger partial charge in [-0.25, -0.2) is 0 Å². The molecule has 2 unspecified atom stereocenters. The third-order valence-corrected chi connectivity index (χ3v) is 6.84. The summed E-state index contributed by atoms with van der Waals surface area (Å²) in [5.41, 5.74) is 1.01. The minimum absolute atomic E-state index is 0.0655. The molecule has 0 aromatic heterocycles. The van der Waals surface area contributed by atoms with E-state index in [4.69, 9.17) is 0 Å². The lowest BCUT2D eigenvalue weighted by atomic mass is 9.93. The highest BCUT2D eigenvalue weighted by atomic mass is 32.2. The lowest BCUT2D eigenvalue weighted by molar-refractivity contribution is -0.137. The van der Waals surface area contributed by atoms with Crippen molar-refractivity contribution < 1.29 is 13.2 Å². The molecule has 154 valence electrons. The summed E-state index contributed by atoms with van der Waals surface area (Å²) in [4.78, 5) is 2.18. The Hall–Kier alpha value is -1.05. The third-order valence-electron chi connectivity index (χ3n) is 4.82. The Labute approximate surface area is 163 Å². The van der Waals surface area contributed by atoms with Gasteiger partial charge >= 0.3 is 6.18 Å². The molecule has 0 bridgehead atoms. The van der Waals surface area contributed by atoms with Crippen LogP contribution in [-0.2, 0) is 6.18 Å². The van der Waals surface area contributed by atoms with Crippen LogP contribution in [0.5, 0.6) is 0 Å². The van der Waals surface area contributed by atoms with E-state index in [0.29, 0.717) is 5.56 Å². The monoisotopic (exact) mass is 403 g/mol. The number of hydrogen-bond donors (Lipinski definition) is 2. The molecular weight excluding hydrogens is 371 g/mol. The molecule has 1 heterocycles. The summed E-state index contributed by atoms with van der Waals surface area (Å²) < 4.78 is 43.7. The lowest BCUT2D eigenvalue weighted by Crippen LogP contribution is -2.44. The zero-order valence-electron chi connectivity index (χ0n) is 16.9. The highest BCUT2D eigenvalue weighted by Crippen LogP contribution is 2.40. The second kappa shape index (κ2) is 8.53. The molecule has 0 aliphatic carbocycles. The molecule has 0 spiro atoms. The van der Waals surface area contributed by atoms with Gasteiger partial charge in [0.25, 0.3) is 0 Å². The molecule has 0 radical (unpaired) electrons. The van der Waals surface area contributed by atoms with Gasteiger partial charge in [0.15, 0.2) is 0 Å². The average Bonchev–Trinajstić information content (AvgIpc) is 2.57. The Morgan fingerprint density at radius 2 is 1.74 bits per heavy atom. The van der Waals surface area contributed by atoms with Crippen molar-refractivity contribution in [1.29, 1.82) is 0 Å². The minimum Gasteiger partial charge on any atom is -0.369 e. The highest BCUT2D eigenvalue weighted by Gasteiger charge is 2.33. The van der Waals surface area contributed by atoms with Crippen LogP contribution >= 0.6 is 10.7 Å². The number of rotatable bonds is 5. The fourth-order valence-electron chi connectivity index (χ4n) is 3.06. The third kappa shape index (κ3) is 5.72. The minimum atomic E-state index is -4.35. The number of hydrogen-bond acceptors (Lipinski definition) is 3. The summed E-state index contributed by atoms with van der Waals surface area (Å²) in [5.74, 6) is 4.37. The van der Waals surface area contributed by atoms with Crippen LogP contribution in [0.2, 0.25) is 0 Å². The highest BCUT2D eigenvalue weighted by molar-refractivity contribution is 8.13. The van der Waals surface area contributed by atoms with Crippen LogP contribution in [0.15, 0.2) is 18.2 Å². The molecule has 2 atom stereocenters. The quantitative estimate of drug-likeness (QED) is 0.691. The van der Waals surface area contributed by atoms with Gasteiger partial charge < -0.3 is 10.2 Å². The second-order valence-electron chi connectivity index (χ2n) is 8.35. The van der Waals surface area contributed by atoms with E-state index in [1.165, 1.54) is 12.1 Å². The maximum absolute atomic E-state index is 13.4. The average molecular weight is 404 g/mol. The summed E-state index contributed by atoms with van der Waals surface area (Å²) in [5, 5.41) is 3.30. The Balaban J connectivity index is 2.51. The van der Waals surface area contributed by atoms with Gasteiger partial charge in [-0.2, -0.15) is 13.2 Å². The first-order valence-corrected chi connectivity index (χ1v) is 10.8. The molecule has 1 fully saturated rings. The number of anilines is 1. The smallest absolute Gasteiger partial charge is 0.369 e. The largest absolute Gasteiger partial charge is 0.416 e. The van der Waals surface area contributed by atoms with Gasteiger partial charge in [-0.1, -0.05) is 40.5 Å². The van der Waals surface area contributed by atoms with Crippen molar-refractivity contribution in [1.82, 2.24) is 10.0 Å². The number of benzene rings is 1. The van der Waals surface area contributed by atoms with Crippen molar-refractivity contribution in [3.63, 3.8) is 0 Å². The van der Waals surface area contributed by atoms with Gasteiger partial charge in [0, 0.05) is 42.7 Å². The zero-order chi connectivity index (χ0) is 20.4. The topological polar surface area (TPSA) is 27.3 Å². The van der Waals surface area contributed by atoms with Crippen molar-refractivity contribution in [2.45, 2.75) is 51.6 Å². The van der Waals surface area contributed by atoms with E-state index in [0.717, 1.165) is 31.9 Å². The molecule has 2 N–H and O–H groups in total. The van der Waals surface area contributed by atoms with Gasteiger partial charge in [0.2, 0.25) is 0 Å². The second-order valence-corrected chi connectivity index (χ2v) is 10.6. The van der Waals surface area contributed by atoms with Crippen LogP contribution in [0.25, 0.3) is 0 Å². The van der Waals surface area contributed by atoms with Crippen molar-refractivity contribution in [3.05, 3.63) is 29.3 Å². The summed E-state index contributed by atoms with van der Waals surface area (Å²) >= 11 is 0. The van der Waals surface area contributed by atoms with E-state index < -0.39 is 22.4 Å². The number of halogens is 3. The van der Waals surface area contributed by atoms with E-state index in [1.54, 1.807) is 6.07 Å². The normalized spacial score (nSPS) is 18.6. The van der Waals surface area contributed by atoms with Gasteiger partial charge in [-0.15, -0.1) is 10.7 Å². The van der Waals surface area contributed by atoms with Crippen LogP contribution in [0, 0.1) is 5.92 Å². The maximum Gasteiger partial charge on any atom is 0.416 e. The van der Waals surface area contributed by atoms with E-state index in [9.17, 15) is 13.2 Å². The summed E-state index contributed by atoms with van der Waals surface area (Å²) in [7, 11) is -0.392. The Morgan fingerprint density at radius 1 is 1.15 bits per heavy atom. The van der Waals surface area contributed by atoms with Gasteiger partial charge in [-0.3, -0.25) is 4.72 Å². The molecule has 7 heteroatoms. The first-order valence-electron chi connectivity index (χ1n) is 9.38. The molecule has 2 rings (SSSR count). The summed E-state index contributed by atoms with van der Waals surface area (Å²) in [6.07, 6.45) is -4.35. The molecule has 1 aliphatic rings. The molecule has 1 aromatic rings. The predicted octanol–water partition coefficient (Wildman–Crippen LogP) is 4.82. The first-order chi connectivity index (χ1) is 12.4. The van der Waals surface area contributed by atoms with Gasteiger partial charge in [0.05, 0.1) is 5.56 Å².